The number of rotatable bonds is 5. The lowest BCUT2D eigenvalue weighted by Gasteiger charge is -2.35. The predicted octanol–water partition coefficient (Wildman–Crippen LogP) is 2.38. The summed E-state index contributed by atoms with van der Waals surface area (Å²) in [6.07, 6.45) is 2.58. The number of carbonyl (C=O) groups excluding carboxylic acids is 1. The number of carbonyl (C=O) groups is 1. The molecular formula is C16H32N2O3. The molecular weight excluding hydrogens is 268 g/mol. The van der Waals surface area contributed by atoms with Crippen LogP contribution in [-0.2, 0) is 4.74 Å². The Kier molecular flexibility index (Phi) is 6.94. The first-order valence-corrected chi connectivity index (χ1v) is 8.06. The van der Waals surface area contributed by atoms with E-state index in [1.165, 1.54) is 0 Å². The van der Waals surface area contributed by atoms with Crippen LogP contribution in [0.15, 0.2) is 0 Å². The monoisotopic (exact) mass is 300 g/mol. The molecule has 0 bridgehead atoms. The van der Waals surface area contributed by atoms with Crippen molar-refractivity contribution in [2.75, 3.05) is 19.7 Å². The second-order valence-corrected chi connectivity index (χ2v) is 7.42. The van der Waals surface area contributed by atoms with Gasteiger partial charge in [-0.2, -0.15) is 0 Å². The number of aliphatic hydroxyl groups excluding tert-OH is 1. The van der Waals surface area contributed by atoms with E-state index in [0.29, 0.717) is 25.0 Å². The van der Waals surface area contributed by atoms with Crippen LogP contribution in [0.1, 0.15) is 53.9 Å². The van der Waals surface area contributed by atoms with E-state index in [4.69, 9.17) is 4.74 Å². The molecule has 2 N–H and O–H groups in total. The number of hydrogen-bond donors (Lipinski definition) is 2. The van der Waals surface area contributed by atoms with Crippen LogP contribution in [0, 0.1) is 5.92 Å². The minimum atomic E-state index is -0.439. The van der Waals surface area contributed by atoms with Crippen molar-refractivity contribution < 1.29 is 14.6 Å². The van der Waals surface area contributed by atoms with Gasteiger partial charge in [0.1, 0.15) is 5.60 Å². The third-order valence-electron chi connectivity index (χ3n) is 3.59. The molecule has 1 aliphatic rings. The van der Waals surface area contributed by atoms with Crippen LogP contribution in [0.2, 0.25) is 0 Å². The zero-order valence-corrected chi connectivity index (χ0v) is 14.2. The SMILES string of the molecule is CC(C)CC(CO)NC1CCN(C(=O)OC(C)(C)C)CC1. The van der Waals surface area contributed by atoms with E-state index in [1.807, 2.05) is 20.8 Å². The summed E-state index contributed by atoms with van der Waals surface area (Å²) in [6.45, 7) is 11.6. The van der Waals surface area contributed by atoms with Gasteiger partial charge in [0.2, 0.25) is 0 Å². The van der Waals surface area contributed by atoms with E-state index in [0.717, 1.165) is 19.3 Å². The number of ether oxygens (including phenoxy) is 1. The second kappa shape index (κ2) is 7.99. The minimum Gasteiger partial charge on any atom is -0.444 e. The summed E-state index contributed by atoms with van der Waals surface area (Å²) in [5, 5.41) is 12.9. The molecule has 1 atom stereocenters. The quantitative estimate of drug-likeness (QED) is 0.818. The van der Waals surface area contributed by atoms with E-state index < -0.39 is 5.60 Å². The van der Waals surface area contributed by atoms with Crippen LogP contribution in [0.3, 0.4) is 0 Å². The molecule has 0 saturated carbocycles. The van der Waals surface area contributed by atoms with Gasteiger partial charge in [-0.05, 0) is 46.0 Å². The average molecular weight is 300 g/mol. The Morgan fingerprint density at radius 2 is 1.90 bits per heavy atom. The van der Waals surface area contributed by atoms with E-state index in [2.05, 4.69) is 19.2 Å². The summed E-state index contributed by atoms with van der Waals surface area (Å²) in [5.41, 5.74) is -0.439. The van der Waals surface area contributed by atoms with E-state index >= 15 is 0 Å². The van der Waals surface area contributed by atoms with Gasteiger partial charge < -0.3 is 20.1 Å². The summed E-state index contributed by atoms with van der Waals surface area (Å²) in [6, 6.07) is 0.530. The van der Waals surface area contributed by atoms with Crippen LogP contribution in [0.4, 0.5) is 4.79 Å². The molecule has 21 heavy (non-hydrogen) atoms. The first-order valence-electron chi connectivity index (χ1n) is 8.06. The van der Waals surface area contributed by atoms with Gasteiger partial charge in [-0.15, -0.1) is 0 Å². The Balaban J connectivity index is 2.36. The summed E-state index contributed by atoms with van der Waals surface area (Å²) in [7, 11) is 0. The number of nitrogens with zero attached hydrogens (tertiary/aromatic N) is 1. The fourth-order valence-corrected chi connectivity index (χ4v) is 2.65. The highest BCUT2D eigenvalue weighted by Gasteiger charge is 2.27. The first kappa shape index (κ1) is 18.2. The minimum absolute atomic E-state index is 0.156. The fourth-order valence-electron chi connectivity index (χ4n) is 2.65. The van der Waals surface area contributed by atoms with E-state index in [-0.39, 0.29) is 18.7 Å². The lowest BCUT2D eigenvalue weighted by Crippen LogP contribution is -2.49. The molecule has 5 nitrogen and oxygen atoms in total. The highest BCUT2D eigenvalue weighted by atomic mass is 16.6. The molecule has 1 fully saturated rings. The lowest BCUT2D eigenvalue weighted by atomic mass is 10.00. The molecule has 0 radical (unpaired) electrons. The van der Waals surface area contributed by atoms with Crippen LogP contribution in [0.25, 0.3) is 0 Å². The molecule has 0 aromatic heterocycles. The summed E-state index contributed by atoms with van der Waals surface area (Å²) in [5.74, 6) is 0.566. The van der Waals surface area contributed by atoms with Gasteiger partial charge in [0, 0.05) is 25.2 Å². The first-order chi connectivity index (χ1) is 9.71. The maximum absolute atomic E-state index is 12.0. The third-order valence-corrected chi connectivity index (χ3v) is 3.59. The molecule has 0 spiro atoms. The predicted molar refractivity (Wildman–Crippen MR) is 84.3 cm³/mol. The molecule has 1 amide bonds. The smallest absolute Gasteiger partial charge is 0.410 e. The molecule has 0 aromatic rings. The number of amides is 1. The molecule has 0 aromatic carbocycles. The number of piperidine rings is 1. The Morgan fingerprint density at radius 3 is 2.33 bits per heavy atom. The lowest BCUT2D eigenvalue weighted by molar-refractivity contribution is 0.0192. The van der Waals surface area contributed by atoms with Crippen LogP contribution < -0.4 is 5.32 Å². The van der Waals surface area contributed by atoms with Gasteiger partial charge in [0.25, 0.3) is 0 Å². The van der Waals surface area contributed by atoms with Crippen molar-refractivity contribution in [2.24, 2.45) is 5.92 Å². The van der Waals surface area contributed by atoms with Crippen LogP contribution in [-0.4, -0.2) is 53.5 Å². The molecule has 1 unspecified atom stereocenters. The standard InChI is InChI=1S/C16H32N2O3/c1-12(2)10-14(11-19)17-13-6-8-18(9-7-13)15(20)21-16(3,4)5/h12-14,17,19H,6-11H2,1-5H3. The van der Waals surface area contributed by atoms with E-state index in [1.54, 1.807) is 4.90 Å². The Morgan fingerprint density at radius 1 is 1.33 bits per heavy atom. The Labute approximate surface area is 129 Å². The highest BCUT2D eigenvalue weighted by molar-refractivity contribution is 5.68. The van der Waals surface area contributed by atoms with Crippen molar-refractivity contribution in [1.82, 2.24) is 10.2 Å². The molecule has 1 rings (SSSR count). The number of nitrogens with one attached hydrogen (secondary N) is 1. The van der Waals surface area contributed by atoms with Gasteiger partial charge in [-0.25, -0.2) is 4.79 Å². The van der Waals surface area contributed by atoms with Crippen molar-refractivity contribution in [3.63, 3.8) is 0 Å². The van der Waals surface area contributed by atoms with Gasteiger partial charge in [-0.3, -0.25) is 0 Å². The summed E-state index contributed by atoms with van der Waals surface area (Å²) in [4.78, 5) is 13.8. The Bertz CT molecular complexity index is 318. The molecule has 1 aliphatic heterocycles. The highest BCUT2D eigenvalue weighted by Crippen LogP contribution is 2.16. The van der Waals surface area contributed by atoms with Crippen molar-refractivity contribution in [1.29, 1.82) is 0 Å². The molecule has 0 aliphatic carbocycles. The van der Waals surface area contributed by atoms with Crippen molar-refractivity contribution in [2.45, 2.75) is 71.6 Å². The Hall–Kier alpha value is -0.810. The number of likely N-dealkylation sites (tertiary alicyclic amines) is 1. The van der Waals surface area contributed by atoms with Crippen molar-refractivity contribution >= 4 is 6.09 Å². The van der Waals surface area contributed by atoms with Crippen LogP contribution in [0.5, 0.6) is 0 Å². The average Bonchev–Trinajstić information content (AvgIpc) is 2.36. The van der Waals surface area contributed by atoms with E-state index in [9.17, 15) is 9.90 Å². The van der Waals surface area contributed by atoms with Gasteiger partial charge in [0.15, 0.2) is 0 Å². The topological polar surface area (TPSA) is 61.8 Å². The van der Waals surface area contributed by atoms with Gasteiger partial charge in [0.05, 0.1) is 6.61 Å². The van der Waals surface area contributed by atoms with Crippen LogP contribution >= 0.6 is 0 Å². The normalized spacial score (nSPS) is 18.9. The largest absolute Gasteiger partial charge is 0.444 e. The maximum Gasteiger partial charge on any atom is 0.410 e. The van der Waals surface area contributed by atoms with Gasteiger partial charge in [-0.1, -0.05) is 13.8 Å². The maximum atomic E-state index is 12.0. The second-order valence-electron chi connectivity index (χ2n) is 7.42. The van der Waals surface area contributed by atoms with Crippen molar-refractivity contribution in [3.05, 3.63) is 0 Å². The summed E-state index contributed by atoms with van der Waals surface area (Å²) < 4.78 is 5.39. The van der Waals surface area contributed by atoms with Crippen molar-refractivity contribution in [3.8, 4) is 0 Å². The zero-order valence-electron chi connectivity index (χ0n) is 14.2. The molecule has 1 saturated heterocycles. The molecule has 5 heteroatoms. The van der Waals surface area contributed by atoms with Gasteiger partial charge >= 0.3 is 6.09 Å². The number of hydrogen-bond acceptors (Lipinski definition) is 4. The molecule has 1 heterocycles. The summed E-state index contributed by atoms with van der Waals surface area (Å²) >= 11 is 0. The zero-order chi connectivity index (χ0) is 16.0. The number of aliphatic hydroxyl groups is 1. The molecule has 124 valence electrons. The third kappa shape index (κ3) is 7.14. The fraction of sp³-hybridized carbons (Fsp3) is 0.938.